The normalized spacial score (nSPS) is 21.6. The molecule has 1 fully saturated rings. The minimum absolute atomic E-state index is 0.0385. The number of likely N-dealkylation sites (N-methyl/N-ethyl adjacent to an activating group) is 1. The molecule has 0 aromatic rings. The van der Waals surface area contributed by atoms with Crippen LogP contribution in [-0.4, -0.2) is 67.6 Å². The molecule has 1 aliphatic heterocycles. The molecule has 1 amide bonds. The fraction of sp³-hybridized carbons (Fsp3) is 0.923. The van der Waals surface area contributed by atoms with Crippen LogP contribution < -0.4 is 11.1 Å². The average molecular weight is 256 g/mol. The Morgan fingerprint density at radius 2 is 1.94 bits per heavy atom. The van der Waals surface area contributed by atoms with Gasteiger partial charge in [-0.25, -0.2) is 0 Å². The van der Waals surface area contributed by atoms with Crippen LogP contribution in [0.15, 0.2) is 0 Å². The van der Waals surface area contributed by atoms with Gasteiger partial charge >= 0.3 is 0 Å². The Hall–Kier alpha value is -0.650. The van der Waals surface area contributed by atoms with E-state index in [-0.39, 0.29) is 5.91 Å². The molecule has 1 saturated heterocycles. The van der Waals surface area contributed by atoms with E-state index in [0.717, 1.165) is 45.7 Å². The van der Waals surface area contributed by atoms with E-state index < -0.39 is 5.54 Å². The van der Waals surface area contributed by atoms with Gasteiger partial charge in [-0.15, -0.1) is 0 Å². The number of rotatable bonds is 6. The van der Waals surface area contributed by atoms with Gasteiger partial charge in [0.2, 0.25) is 5.91 Å². The van der Waals surface area contributed by atoms with E-state index in [1.165, 1.54) is 0 Å². The molecule has 5 heteroatoms. The Kier molecular flexibility index (Phi) is 6.05. The second kappa shape index (κ2) is 7.07. The highest BCUT2D eigenvalue weighted by atomic mass is 16.2. The third kappa shape index (κ3) is 4.92. The molecule has 0 spiro atoms. The summed E-state index contributed by atoms with van der Waals surface area (Å²) in [4.78, 5) is 16.5. The van der Waals surface area contributed by atoms with E-state index in [1.54, 1.807) is 6.92 Å². The van der Waals surface area contributed by atoms with Gasteiger partial charge in [-0.3, -0.25) is 4.79 Å². The number of hydrogen-bond donors (Lipinski definition) is 2. The summed E-state index contributed by atoms with van der Waals surface area (Å²) >= 11 is 0. The van der Waals surface area contributed by atoms with E-state index in [9.17, 15) is 4.79 Å². The summed E-state index contributed by atoms with van der Waals surface area (Å²) in [5, 5.41) is 2.92. The summed E-state index contributed by atoms with van der Waals surface area (Å²) in [6.07, 6.45) is 1.66. The van der Waals surface area contributed by atoms with E-state index in [1.807, 2.05) is 6.92 Å². The van der Waals surface area contributed by atoms with Crippen LogP contribution in [0, 0.1) is 0 Å². The quantitative estimate of drug-likeness (QED) is 0.650. The first-order valence-electron chi connectivity index (χ1n) is 6.94. The fourth-order valence-electron chi connectivity index (χ4n) is 1.94. The van der Waals surface area contributed by atoms with E-state index in [4.69, 9.17) is 5.73 Å². The van der Waals surface area contributed by atoms with Crippen molar-refractivity contribution < 1.29 is 4.79 Å². The highest BCUT2D eigenvalue weighted by Crippen LogP contribution is 2.04. The number of amides is 1. The smallest absolute Gasteiger partial charge is 0.239 e. The molecule has 5 nitrogen and oxygen atoms in total. The Bertz CT molecular complexity index is 260. The number of nitrogens with zero attached hydrogens (tertiary/aromatic N) is 2. The Morgan fingerprint density at radius 3 is 2.50 bits per heavy atom. The van der Waals surface area contributed by atoms with Gasteiger partial charge < -0.3 is 20.9 Å². The van der Waals surface area contributed by atoms with E-state index >= 15 is 0 Å². The molecule has 18 heavy (non-hydrogen) atoms. The SMILES string of the molecule is CCC(C)(N)C(=O)NCCCN1CCN(C)CC1. The van der Waals surface area contributed by atoms with Crippen molar-refractivity contribution in [3.05, 3.63) is 0 Å². The molecule has 0 bridgehead atoms. The van der Waals surface area contributed by atoms with Crippen LogP contribution in [0.5, 0.6) is 0 Å². The molecule has 1 atom stereocenters. The maximum absolute atomic E-state index is 11.7. The maximum atomic E-state index is 11.7. The molecular weight excluding hydrogens is 228 g/mol. The Labute approximate surface area is 111 Å². The number of piperazine rings is 1. The summed E-state index contributed by atoms with van der Waals surface area (Å²) in [7, 11) is 2.16. The summed E-state index contributed by atoms with van der Waals surface area (Å²) in [5.41, 5.74) is 5.14. The lowest BCUT2D eigenvalue weighted by Crippen LogP contribution is -2.51. The molecule has 0 saturated carbocycles. The molecule has 0 radical (unpaired) electrons. The average Bonchev–Trinajstić information content (AvgIpc) is 2.36. The van der Waals surface area contributed by atoms with E-state index in [2.05, 4.69) is 22.2 Å². The molecule has 1 unspecified atom stereocenters. The predicted molar refractivity (Wildman–Crippen MR) is 74.4 cm³/mol. The summed E-state index contributed by atoms with van der Waals surface area (Å²) in [5.74, 6) is -0.0385. The van der Waals surface area contributed by atoms with Crippen molar-refractivity contribution in [1.29, 1.82) is 0 Å². The topological polar surface area (TPSA) is 61.6 Å². The van der Waals surface area contributed by atoms with Crippen LogP contribution in [-0.2, 0) is 4.79 Å². The first-order valence-corrected chi connectivity index (χ1v) is 6.94. The summed E-state index contributed by atoms with van der Waals surface area (Å²) in [6, 6.07) is 0. The van der Waals surface area contributed by atoms with Gasteiger partial charge in [0.25, 0.3) is 0 Å². The number of nitrogens with two attached hydrogens (primary N) is 1. The lowest BCUT2D eigenvalue weighted by atomic mass is 10.00. The van der Waals surface area contributed by atoms with Crippen molar-refractivity contribution in [2.75, 3.05) is 46.3 Å². The van der Waals surface area contributed by atoms with E-state index in [0.29, 0.717) is 6.42 Å². The highest BCUT2D eigenvalue weighted by molar-refractivity contribution is 5.85. The first kappa shape index (κ1) is 15.4. The van der Waals surface area contributed by atoms with Crippen LogP contribution in [0.4, 0.5) is 0 Å². The van der Waals surface area contributed by atoms with Crippen LogP contribution in [0.25, 0.3) is 0 Å². The van der Waals surface area contributed by atoms with Crippen molar-refractivity contribution in [3.63, 3.8) is 0 Å². The second-order valence-electron chi connectivity index (χ2n) is 5.53. The fourth-order valence-corrected chi connectivity index (χ4v) is 1.94. The minimum Gasteiger partial charge on any atom is -0.354 e. The highest BCUT2D eigenvalue weighted by Gasteiger charge is 2.25. The Morgan fingerprint density at radius 1 is 1.33 bits per heavy atom. The van der Waals surface area contributed by atoms with Crippen LogP contribution in [0.2, 0.25) is 0 Å². The summed E-state index contributed by atoms with van der Waals surface area (Å²) in [6.45, 7) is 10.0. The molecule has 1 aliphatic rings. The number of nitrogens with one attached hydrogen (secondary N) is 1. The third-order valence-electron chi connectivity index (χ3n) is 3.79. The zero-order chi connectivity index (χ0) is 13.6. The van der Waals surface area contributed by atoms with Gasteiger partial charge in [0.15, 0.2) is 0 Å². The van der Waals surface area contributed by atoms with Crippen LogP contribution in [0.1, 0.15) is 26.7 Å². The molecule has 0 aliphatic carbocycles. The van der Waals surface area contributed by atoms with Crippen molar-refractivity contribution in [2.45, 2.75) is 32.2 Å². The van der Waals surface area contributed by atoms with Crippen molar-refractivity contribution in [3.8, 4) is 0 Å². The minimum atomic E-state index is -0.728. The van der Waals surface area contributed by atoms with Gasteiger partial charge in [0, 0.05) is 32.7 Å². The van der Waals surface area contributed by atoms with Crippen LogP contribution in [0.3, 0.4) is 0 Å². The van der Waals surface area contributed by atoms with Gasteiger partial charge in [0.1, 0.15) is 0 Å². The molecule has 106 valence electrons. The van der Waals surface area contributed by atoms with Crippen molar-refractivity contribution in [2.24, 2.45) is 5.73 Å². The van der Waals surface area contributed by atoms with Crippen molar-refractivity contribution >= 4 is 5.91 Å². The zero-order valence-corrected chi connectivity index (χ0v) is 12.0. The first-order chi connectivity index (χ1) is 8.45. The zero-order valence-electron chi connectivity index (χ0n) is 12.0. The molecule has 0 aromatic carbocycles. The molecule has 1 heterocycles. The monoisotopic (exact) mass is 256 g/mol. The van der Waals surface area contributed by atoms with Crippen LogP contribution >= 0.6 is 0 Å². The lowest BCUT2D eigenvalue weighted by Gasteiger charge is -2.32. The second-order valence-corrected chi connectivity index (χ2v) is 5.53. The standard InChI is InChI=1S/C13H28N4O/c1-4-13(2,14)12(18)15-6-5-7-17-10-8-16(3)9-11-17/h4-11,14H2,1-3H3,(H,15,18). The summed E-state index contributed by atoms with van der Waals surface area (Å²) < 4.78 is 0. The van der Waals surface area contributed by atoms with Crippen molar-refractivity contribution in [1.82, 2.24) is 15.1 Å². The molecule has 0 aromatic heterocycles. The molecule has 3 N–H and O–H groups in total. The lowest BCUT2D eigenvalue weighted by molar-refractivity contribution is -0.125. The Balaban J connectivity index is 2.10. The van der Waals surface area contributed by atoms with Gasteiger partial charge in [-0.2, -0.15) is 0 Å². The number of carbonyl (C=O) groups is 1. The maximum Gasteiger partial charge on any atom is 0.239 e. The number of hydrogen-bond acceptors (Lipinski definition) is 4. The molecular formula is C13H28N4O. The van der Waals surface area contributed by atoms with Gasteiger partial charge in [-0.1, -0.05) is 6.92 Å². The largest absolute Gasteiger partial charge is 0.354 e. The van der Waals surface area contributed by atoms with Gasteiger partial charge in [0.05, 0.1) is 5.54 Å². The molecule has 1 rings (SSSR count). The number of carbonyl (C=O) groups excluding carboxylic acids is 1. The predicted octanol–water partition coefficient (Wildman–Crippen LogP) is -0.132. The third-order valence-corrected chi connectivity index (χ3v) is 3.79. The van der Waals surface area contributed by atoms with Gasteiger partial charge in [-0.05, 0) is 33.4 Å².